The lowest BCUT2D eigenvalue weighted by Gasteiger charge is -2.17. The lowest BCUT2D eigenvalue weighted by atomic mass is 10.1. The van der Waals surface area contributed by atoms with E-state index in [0.717, 1.165) is 11.1 Å². The lowest BCUT2D eigenvalue weighted by Crippen LogP contribution is -2.32. The Morgan fingerprint density at radius 2 is 1.72 bits per heavy atom. The second kappa shape index (κ2) is 11.4. The number of amides is 3. The van der Waals surface area contributed by atoms with Gasteiger partial charge < -0.3 is 25.0 Å². The van der Waals surface area contributed by atoms with Gasteiger partial charge in [0.15, 0.2) is 6.61 Å². The molecule has 0 spiro atoms. The van der Waals surface area contributed by atoms with Gasteiger partial charge in [-0.15, -0.1) is 0 Å². The Balaban J connectivity index is 1.27. The Morgan fingerprint density at radius 3 is 2.44 bits per heavy atom. The highest BCUT2D eigenvalue weighted by atomic mass is 16.5. The van der Waals surface area contributed by atoms with Gasteiger partial charge in [0, 0.05) is 36.4 Å². The van der Waals surface area contributed by atoms with Crippen molar-refractivity contribution in [1.29, 1.82) is 0 Å². The normalized spacial score (nSPS) is 14.9. The van der Waals surface area contributed by atoms with Gasteiger partial charge >= 0.3 is 0 Å². The first-order valence-corrected chi connectivity index (χ1v) is 11.7. The van der Waals surface area contributed by atoms with Crippen LogP contribution in [0.2, 0.25) is 0 Å². The maximum absolute atomic E-state index is 12.7. The minimum atomic E-state index is -0.436. The molecule has 36 heavy (non-hydrogen) atoms. The van der Waals surface area contributed by atoms with E-state index in [4.69, 9.17) is 9.47 Å². The van der Waals surface area contributed by atoms with Crippen LogP contribution < -0.4 is 25.0 Å². The molecule has 1 atom stereocenters. The highest BCUT2D eigenvalue weighted by molar-refractivity contribution is 6.00. The maximum Gasteiger partial charge on any atom is 0.262 e. The van der Waals surface area contributed by atoms with E-state index < -0.39 is 5.92 Å². The third-order valence-electron chi connectivity index (χ3n) is 6.00. The number of hydrogen-bond acceptors (Lipinski definition) is 5. The van der Waals surface area contributed by atoms with Crippen LogP contribution in [0.25, 0.3) is 0 Å². The average molecular weight is 488 g/mol. The third-order valence-corrected chi connectivity index (χ3v) is 6.00. The number of methoxy groups -OCH3 is 1. The Kier molecular flexibility index (Phi) is 7.85. The molecular formula is C28H29N3O5. The molecule has 0 bridgehead atoms. The van der Waals surface area contributed by atoms with E-state index in [0.29, 0.717) is 36.0 Å². The van der Waals surface area contributed by atoms with Crippen LogP contribution in [0.5, 0.6) is 11.5 Å². The summed E-state index contributed by atoms with van der Waals surface area (Å²) in [5.74, 6) is 0.232. The molecule has 1 heterocycles. The molecule has 4 rings (SSSR count). The molecule has 1 fully saturated rings. The average Bonchev–Trinajstić information content (AvgIpc) is 3.29. The van der Waals surface area contributed by atoms with Crippen molar-refractivity contribution >= 4 is 29.1 Å². The van der Waals surface area contributed by atoms with Crippen LogP contribution in [-0.4, -0.2) is 38.0 Å². The van der Waals surface area contributed by atoms with E-state index in [1.807, 2.05) is 55.5 Å². The zero-order valence-corrected chi connectivity index (χ0v) is 20.3. The van der Waals surface area contributed by atoms with Gasteiger partial charge in [0.1, 0.15) is 11.5 Å². The Morgan fingerprint density at radius 1 is 1.00 bits per heavy atom. The molecule has 0 radical (unpaired) electrons. The maximum atomic E-state index is 12.7. The summed E-state index contributed by atoms with van der Waals surface area (Å²) < 4.78 is 10.9. The van der Waals surface area contributed by atoms with Crippen LogP contribution in [0, 0.1) is 12.8 Å². The predicted molar refractivity (Wildman–Crippen MR) is 137 cm³/mol. The first kappa shape index (κ1) is 24.8. The number of anilines is 2. The number of para-hydroxylation sites is 1. The van der Waals surface area contributed by atoms with Gasteiger partial charge in [0.2, 0.25) is 11.8 Å². The van der Waals surface area contributed by atoms with Crippen molar-refractivity contribution in [3.63, 3.8) is 0 Å². The summed E-state index contributed by atoms with van der Waals surface area (Å²) in [5, 5.41) is 5.69. The van der Waals surface area contributed by atoms with Gasteiger partial charge in [0.05, 0.1) is 13.0 Å². The van der Waals surface area contributed by atoms with Crippen LogP contribution in [0.1, 0.15) is 17.5 Å². The molecule has 3 aromatic rings. The zero-order chi connectivity index (χ0) is 25.5. The smallest absolute Gasteiger partial charge is 0.262 e. The lowest BCUT2D eigenvalue weighted by molar-refractivity contribution is -0.126. The summed E-state index contributed by atoms with van der Waals surface area (Å²) in [6.07, 6.45) is 0.148. The topological polar surface area (TPSA) is 97.0 Å². The molecule has 8 heteroatoms. The molecule has 1 saturated heterocycles. The summed E-state index contributed by atoms with van der Waals surface area (Å²) in [7, 11) is 1.59. The highest BCUT2D eigenvalue weighted by Gasteiger charge is 2.35. The molecule has 0 aliphatic carbocycles. The standard InChI is InChI=1S/C28H29N3O5/c1-19-7-9-22(10-8-19)30-26(32)18-36-24-13-11-23(12-14-24)31-17-21(15-27(31)33)28(34)29-16-20-5-3-4-6-25(20)35-2/h3-14,21H,15-18H2,1-2H3,(H,29,34)(H,30,32)/t21-/m0/s1. The van der Waals surface area contributed by atoms with Gasteiger partial charge in [-0.2, -0.15) is 0 Å². The number of ether oxygens (including phenoxy) is 2. The van der Waals surface area contributed by atoms with Gasteiger partial charge in [0.25, 0.3) is 5.91 Å². The number of carbonyl (C=O) groups is 3. The fraction of sp³-hybridized carbons (Fsp3) is 0.250. The number of carbonyl (C=O) groups excluding carboxylic acids is 3. The molecule has 0 unspecified atom stereocenters. The summed E-state index contributed by atoms with van der Waals surface area (Å²) in [6.45, 7) is 2.48. The monoisotopic (exact) mass is 487 g/mol. The van der Waals surface area contributed by atoms with Crippen molar-refractivity contribution < 1.29 is 23.9 Å². The minimum absolute atomic E-state index is 0.112. The first-order valence-electron chi connectivity index (χ1n) is 11.7. The van der Waals surface area contributed by atoms with Crippen molar-refractivity contribution in [3.05, 3.63) is 83.9 Å². The van der Waals surface area contributed by atoms with Crippen molar-refractivity contribution in [3.8, 4) is 11.5 Å². The van der Waals surface area contributed by atoms with E-state index in [-0.39, 0.29) is 30.7 Å². The summed E-state index contributed by atoms with van der Waals surface area (Å²) >= 11 is 0. The Hall–Kier alpha value is -4.33. The van der Waals surface area contributed by atoms with Gasteiger partial charge in [-0.3, -0.25) is 14.4 Å². The largest absolute Gasteiger partial charge is 0.496 e. The number of hydrogen-bond donors (Lipinski definition) is 2. The quantitative estimate of drug-likeness (QED) is 0.480. The summed E-state index contributed by atoms with van der Waals surface area (Å²) in [5.41, 5.74) is 3.37. The second-order valence-corrected chi connectivity index (χ2v) is 8.63. The molecular weight excluding hydrogens is 458 g/mol. The van der Waals surface area contributed by atoms with Crippen molar-refractivity contribution in [2.45, 2.75) is 19.9 Å². The summed E-state index contributed by atoms with van der Waals surface area (Å²) in [6, 6.07) is 21.9. The van der Waals surface area contributed by atoms with E-state index in [2.05, 4.69) is 10.6 Å². The van der Waals surface area contributed by atoms with E-state index >= 15 is 0 Å². The fourth-order valence-corrected chi connectivity index (χ4v) is 4.01. The van der Waals surface area contributed by atoms with Crippen LogP contribution >= 0.6 is 0 Å². The molecule has 0 saturated carbocycles. The predicted octanol–water partition coefficient (Wildman–Crippen LogP) is 3.69. The first-order chi connectivity index (χ1) is 17.4. The molecule has 2 N–H and O–H groups in total. The molecule has 8 nitrogen and oxygen atoms in total. The fourth-order valence-electron chi connectivity index (χ4n) is 4.01. The molecule has 0 aromatic heterocycles. The van der Waals surface area contributed by atoms with Crippen molar-refractivity contribution in [2.75, 3.05) is 30.5 Å². The van der Waals surface area contributed by atoms with Gasteiger partial charge in [-0.05, 0) is 49.4 Å². The number of nitrogens with one attached hydrogen (secondary N) is 2. The zero-order valence-electron chi connectivity index (χ0n) is 20.3. The third kappa shape index (κ3) is 6.21. The van der Waals surface area contributed by atoms with Crippen molar-refractivity contribution in [1.82, 2.24) is 5.32 Å². The van der Waals surface area contributed by atoms with Gasteiger partial charge in [-0.1, -0.05) is 35.9 Å². The molecule has 1 aliphatic heterocycles. The van der Waals surface area contributed by atoms with E-state index in [1.165, 1.54) is 0 Å². The molecule has 1 aliphatic rings. The van der Waals surface area contributed by atoms with Crippen LogP contribution in [0.4, 0.5) is 11.4 Å². The number of rotatable bonds is 9. The highest BCUT2D eigenvalue weighted by Crippen LogP contribution is 2.27. The molecule has 186 valence electrons. The minimum Gasteiger partial charge on any atom is -0.496 e. The number of benzene rings is 3. The van der Waals surface area contributed by atoms with Crippen LogP contribution in [-0.2, 0) is 20.9 Å². The van der Waals surface area contributed by atoms with Crippen LogP contribution in [0.3, 0.4) is 0 Å². The van der Waals surface area contributed by atoms with E-state index in [1.54, 1.807) is 36.3 Å². The van der Waals surface area contributed by atoms with Crippen LogP contribution in [0.15, 0.2) is 72.8 Å². The summed E-state index contributed by atoms with van der Waals surface area (Å²) in [4.78, 5) is 39.0. The SMILES string of the molecule is COc1ccccc1CNC(=O)[C@H]1CC(=O)N(c2ccc(OCC(=O)Nc3ccc(C)cc3)cc2)C1. The number of aryl methyl sites for hydroxylation is 1. The molecule has 3 amide bonds. The van der Waals surface area contributed by atoms with Crippen molar-refractivity contribution in [2.24, 2.45) is 5.92 Å². The number of nitrogens with zero attached hydrogens (tertiary/aromatic N) is 1. The Labute approximate surface area is 210 Å². The second-order valence-electron chi connectivity index (χ2n) is 8.63. The van der Waals surface area contributed by atoms with Gasteiger partial charge in [-0.25, -0.2) is 0 Å². The van der Waals surface area contributed by atoms with E-state index in [9.17, 15) is 14.4 Å². The Bertz CT molecular complexity index is 1220. The molecule has 3 aromatic carbocycles.